The van der Waals surface area contributed by atoms with Gasteiger partial charge < -0.3 is 10.6 Å². The van der Waals surface area contributed by atoms with E-state index in [1.165, 1.54) is 0 Å². The summed E-state index contributed by atoms with van der Waals surface area (Å²) >= 11 is 0. The van der Waals surface area contributed by atoms with Crippen molar-refractivity contribution in [3.8, 4) is 6.07 Å². The van der Waals surface area contributed by atoms with Crippen molar-refractivity contribution in [2.24, 2.45) is 5.92 Å². The number of nitrogens with zero attached hydrogens (tertiary/aromatic N) is 3. The first-order valence-corrected chi connectivity index (χ1v) is 5.77. The fourth-order valence-electron chi connectivity index (χ4n) is 1.24. The first-order valence-electron chi connectivity index (χ1n) is 5.77. The number of anilines is 1. The third kappa shape index (κ3) is 4.78. The lowest BCUT2D eigenvalue weighted by Crippen LogP contribution is -2.32. The second-order valence-electron chi connectivity index (χ2n) is 4.38. The van der Waals surface area contributed by atoms with Gasteiger partial charge in [-0.3, -0.25) is 4.79 Å². The number of hydrogen-bond donors (Lipinski definition) is 2. The zero-order chi connectivity index (χ0) is 13.5. The van der Waals surface area contributed by atoms with Gasteiger partial charge in [-0.1, -0.05) is 13.8 Å². The third-order valence-corrected chi connectivity index (χ3v) is 2.08. The first-order chi connectivity index (χ1) is 8.51. The molecule has 0 fully saturated rings. The molecule has 18 heavy (non-hydrogen) atoms. The Balaban J connectivity index is 2.51. The summed E-state index contributed by atoms with van der Waals surface area (Å²) in [7, 11) is 0. The van der Waals surface area contributed by atoms with Crippen molar-refractivity contribution in [2.45, 2.75) is 20.8 Å². The second kappa shape index (κ2) is 6.55. The van der Waals surface area contributed by atoms with Crippen LogP contribution in [0, 0.1) is 24.2 Å². The Hall–Kier alpha value is -2.16. The minimum atomic E-state index is -0.118. The third-order valence-electron chi connectivity index (χ3n) is 2.08. The van der Waals surface area contributed by atoms with Crippen molar-refractivity contribution in [2.75, 3.05) is 18.4 Å². The van der Waals surface area contributed by atoms with Crippen LogP contribution in [-0.4, -0.2) is 29.0 Å². The molecule has 6 heteroatoms. The highest BCUT2D eigenvalue weighted by molar-refractivity contribution is 5.80. The zero-order valence-electron chi connectivity index (χ0n) is 10.8. The number of amides is 1. The topological polar surface area (TPSA) is 90.7 Å². The average Bonchev–Trinajstić information content (AvgIpc) is 2.33. The molecule has 0 spiro atoms. The lowest BCUT2D eigenvalue weighted by atomic mass is 10.2. The van der Waals surface area contributed by atoms with E-state index >= 15 is 0 Å². The summed E-state index contributed by atoms with van der Waals surface area (Å²) in [5, 5.41) is 14.3. The van der Waals surface area contributed by atoms with E-state index in [1.807, 2.05) is 19.9 Å². The molecule has 2 N–H and O–H groups in total. The van der Waals surface area contributed by atoms with Gasteiger partial charge in [0.2, 0.25) is 11.9 Å². The Morgan fingerprint density at radius 2 is 2.22 bits per heavy atom. The molecule has 1 rings (SSSR count). The van der Waals surface area contributed by atoms with Gasteiger partial charge in [0.25, 0.3) is 0 Å². The van der Waals surface area contributed by atoms with Gasteiger partial charge in [-0.2, -0.15) is 5.26 Å². The highest BCUT2D eigenvalue weighted by Gasteiger charge is 2.05. The standard InChI is InChI=1S/C12H17N5O/c1-8(2)6-14-11(18)7-15-12-16-9(3)4-10(5-13)17-12/h4,8H,6-7H2,1-3H3,(H,14,18)(H,15,16,17). The van der Waals surface area contributed by atoms with Gasteiger partial charge in [-0.25, -0.2) is 9.97 Å². The van der Waals surface area contributed by atoms with Crippen LogP contribution in [0.2, 0.25) is 0 Å². The van der Waals surface area contributed by atoms with Crippen LogP contribution in [0.1, 0.15) is 25.2 Å². The molecule has 0 aliphatic heterocycles. The van der Waals surface area contributed by atoms with Gasteiger partial charge in [-0.15, -0.1) is 0 Å². The van der Waals surface area contributed by atoms with Crippen molar-refractivity contribution < 1.29 is 4.79 Å². The minimum absolute atomic E-state index is 0.0983. The van der Waals surface area contributed by atoms with Gasteiger partial charge in [0, 0.05) is 12.2 Å². The quantitative estimate of drug-likeness (QED) is 0.804. The molecule has 0 atom stereocenters. The Morgan fingerprint density at radius 3 is 2.83 bits per heavy atom. The second-order valence-corrected chi connectivity index (χ2v) is 4.38. The van der Waals surface area contributed by atoms with Crippen molar-refractivity contribution in [1.82, 2.24) is 15.3 Å². The summed E-state index contributed by atoms with van der Waals surface area (Å²) < 4.78 is 0. The molecule has 0 saturated carbocycles. The van der Waals surface area contributed by atoms with Crippen LogP contribution >= 0.6 is 0 Å². The number of aryl methyl sites for hydroxylation is 1. The predicted octanol–water partition coefficient (Wildman–Crippen LogP) is 0.841. The molecule has 0 saturated heterocycles. The average molecular weight is 247 g/mol. The largest absolute Gasteiger partial charge is 0.354 e. The summed E-state index contributed by atoms with van der Waals surface area (Å²) in [6.07, 6.45) is 0. The van der Waals surface area contributed by atoms with Gasteiger partial charge in [0.1, 0.15) is 11.8 Å². The summed E-state index contributed by atoms with van der Waals surface area (Å²) in [4.78, 5) is 19.5. The molecular formula is C12H17N5O. The van der Waals surface area contributed by atoms with Crippen LogP contribution in [0.3, 0.4) is 0 Å². The molecule has 1 aromatic heterocycles. The molecule has 1 amide bonds. The molecule has 6 nitrogen and oxygen atoms in total. The van der Waals surface area contributed by atoms with Gasteiger partial charge in [0.15, 0.2) is 0 Å². The summed E-state index contributed by atoms with van der Waals surface area (Å²) in [5.41, 5.74) is 0.972. The predicted molar refractivity (Wildman–Crippen MR) is 67.8 cm³/mol. The molecule has 0 bridgehead atoms. The number of rotatable bonds is 5. The fourth-order valence-corrected chi connectivity index (χ4v) is 1.24. The molecule has 0 aliphatic rings. The minimum Gasteiger partial charge on any atom is -0.354 e. The number of nitriles is 1. The van der Waals surface area contributed by atoms with Crippen LogP contribution in [-0.2, 0) is 4.79 Å². The molecule has 0 aromatic carbocycles. The van der Waals surface area contributed by atoms with Gasteiger partial charge in [0.05, 0.1) is 6.54 Å². The highest BCUT2D eigenvalue weighted by Crippen LogP contribution is 2.03. The lowest BCUT2D eigenvalue weighted by molar-refractivity contribution is -0.119. The van der Waals surface area contributed by atoms with Crippen LogP contribution < -0.4 is 10.6 Å². The maximum Gasteiger partial charge on any atom is 0.239 e. The zero-order valence-corrected chi connectivity index (χ0v) is 10.8. The molecule has 96 valence electrons. The summed E-state index contributed by atoms with van der Waals surface area (Å²) in [6, 6.07) is 3.53. The fraction of sp³-hybridized carbons (Fsp3) is 0.500. The maximum absolute atomic E-state index is 11.5. The Labute approximate surface area is 106 Å². The van der Waals surface area contributed by atoms with Crippen LogP contribution in [0.4, 0.5) is 5.95 Å². The smallest absolute Gasteiger partial charge is 0.239 e. The van der Waals surface area contributed by atoms with Crippen molar-refractivity contribution in [1.29, 1.82) is 5.26 Å². The summed E-state index contributed by atoms with van der Waals surface area (Å²) in [6.45, 7) is 6.55. The number of nitrogens with one attached hydrogen (secondary N) is 2. The molecule has 1 aromatic rings. The lowest BCUT2D eigenvalue weighted by Gasteiger charge is -2.08. The Morgan fingerprint density at radius 1 is 1.50 bits per heavy atom. The van der Waals surface area contributed by atoms with E-state index in [2.05, 4.69) is 20.6 Å². The number of carbonyl (C=O) groups is 1. The Kier molecular flexibility index (Phi) is 5.06. The number of aromatic nitrogens is 2. The molecular weight excluding hydrogens is 230 g/mol. The number of hydrogen-bond acceptors (Lipinski definition) is 5. The molecule has 0 radical (unpaired) electrons. The normalized spacial score (nSPS) is 9.94. The van der Waals surface area contributed by atoms with Crippen LogP contribution in [0.15, 0.2) is 6.07 Å². The van der Waals surface area contributed by atoms with E-state index < -0.39 is 0 Å². The van der Waals surface area contributed by atoms with Gasteiger partial charge >= 0.3 is 0 Å². The molecule has 1 heterocycles. The van der Waals surface area contributed by atoms with E-state index in [4.69, 9.17) is 5.26 Å². The number of carbonyl (C=O) groups excluding carboxylic acids is 1. The van der Waals surface area contributed by atoms with Crippen molar-refractivity contribution >= 4 is 11.9 Å². The van der Waals surface area contributed by atoms with E-state index in [0.717, 1.165) is 0 Å². The van der Waals surface area contributed by atoms with E-state index in [1.54, 1.807) is 13.0 Å². The summed E-state index contributed by atoms with van der Waals surface area (Å²) in [5.74, 6) is 0.591. The van der Waals surface area contributed by atoms with Crippen LogP contribution in [0.25, 0.3) is 0 Å². The van der Waals surface area contributed by atoms with Crippen molar-refractivity contribution in [3.63, 3.8) is 0 Å². The van der Waals surface area contributed by atoms with Crippen molar-refractivity contribution in [3.05, 3.63) is 17.5 Å². The highest BCUT2D eigenvalue weighted by atomic mass is 16.1. The van der Waals surface area contributed by atoms with Crippen LogP contribution in [0.5, 0.6) is 0 Å². The molecule has 0 unspecified atom stereocenters. The molecule has 0 aliphatic carbocycles. The maximum atomic E-state index is 11.5. The van der Waals surface area contributed by atoms with E-state index in [0.29, 0.717) is 24.1 Å². The van der Waals surface area contributed by atoms with E-state index in [-0.39, 0.29) is 18.1 Å². The monoisotopic (exact) mass is 247 g/mol. The Bertz CT molecular complexity index is 464. The SMILES string of the molecule is Cc1cc(C#N)nc(NCC(=O)NCC(C)C)n1. The first kappa shape index (κ1) is 13.9. The van der Waals surface area contributed by atoms with Gasteiger partial charge in [-0.05, 0) is 18.9 Å². The van der Waals surface area contributed by atoms with E-state index in [9.17, 15) is 4.79 Å².